The SMILES string of the molecule is CC/C=C\C/C=C\C/C=C\C/C=C\C/C=C\CCCCCCCCCCCCCCCCCCCC(=O)OCC(COC(=O)CCCCCCCC)OC(=O)CCCCCCCCCCCC/C=C\C/C=C\C/C=C\CCCCCCC. The van der Waals surface area contributed by atoms with E-state index in [1.54, 1.807) is 0 Å². The van der Waals surface area contributed by atoms with Gasteiger partial charge >= 0.3 is 17.9 Å². The predicted octanol–water partition coefficient (Wildman–Crippen LogP) is 24.4. The summed E-state index contributed by atoms with van der Waals surface area (Å²) < 4.78 is 16.9. The van der Waals surface area contributed by atoms with Crippen LogP contribution >= 0.6 is 0 Å². The molecule has 0 spiro atoms. The molecule has 82 heavy (non-hydrogen) atoms. The van der Waals surface area contributed by atoms with E-state index >= 15 is 0 Å². The van der Waals surface area contributed by atoms with Crippen LogP contribution in [0.4, 0.5) is 0 Å². The second-order valence-electron chi connectivity index (χ2n) is 23.4. The predicted molar refractivity (Wildman–Crippen MR) is 357 cm³/mol. The van der Waals surface area contributed by atoms with E-state index in [0.29, 0.717) is 19.3 Å². The van der Waals surface area contributed by atoms with Crippen LogP contribution in [0, 0.1) is 0 Å². The number of ether oxygens (including phenoxy) is 3. The maximum absolute atomic E-state index is 12.9. The van der Waals surface area contributed by atoms with Gasteiger partial charge in [0.15, 0.2) is 6.10 Å². The van der Waals surface area contributed by atoms with Gasteiger partial charge in [-0.1, -0.05) is 323 Å². The number of hydrogen-bond donors (Lipinski definition) is 0. The number of rotatable bonds is 64. The molecule has 0 amide bonds. The number of allylic oxidation sites excluding steroid dienone is 16. The van der Waals surface area contributed by atoms with Crippen molar-refractivity contribution >= 4 is 17.9 Å². The van der Waals surface area contributed by atoms with Crippen LogP contribution in [0.5, 0.6) is 0 Å². The van der Waals surface area contributed by atoms with E-state index in [9.17, 15) is 14.4 Å². The van der Waals surface area contributed by atoms with Crippen LogP contribution in [-0.2, 0) is 28.6 Å². The van der Waals surface area contributed by atoms with E-state index in [4.69, 9.17) is 14.2 Å². The summed E-state index contributed by atoms with van der Waals surface area (Å²) in [4.78, 5) is 38.1. The van der Waals surface area contributed by atoms with Crippen LogP contribution in [0.1, 0.15) is 348 Å². The second kappa shape index (κ2) is 69.8. The summed E-state index contributed by atoms with van der Waals surface area (Å²) in [5.74, 6) is -0.874. The standard InChI is InChI=1S/C76H132O6/c1-4-7-10-13-16-18-20-22-24-26-28-30-32-34-35-36-37-38-39-40-41-43-44-46-48-50-52-54-56-58-60-63-66-69-75(78)81-72-73(71-80-74(77)68-65-62-15-12-9-6-3)82-76(79)70-67-64-61-59-57-55-53-51-49-47-45-42-33-31-29-27-25-23-21-19-17-14-11-8-5-2/h7,10,16,18,21-24,27-30,33-35,42,73H,4-6,8-9,11-15,17,19-20,25-26,31-32,36-41,43-72H2,1-3H3/b10-7-,18-16-,23-21-,24-22-,29-27-,30-28-,35-34-,42-33-. The molecular formula is C76H132O6. The van der Waals surface area contributed by atoms with E-state index in [1.165, 1.54) is 205 Å². The Morgan fingerprint density at radius 1 is 0.256 bits per heavy atom. The lowest BCUT2D eigenvalue weighted by Crippen LogP contribution is -2.30. The van der Waals surface area contributed by atoms with Crippen LogP contribution in [0.2, 0.25) is 0 Å². The summed E-state index contributed by atoms with van der Waals surface area (Å²) in [6, 6.07) is 0. The number of carbonyl (C=O) groups excluding carboxylic acids is 3. The molecule has 0 aromatic rings. The Hall–Kier alpha value is -3.67. The van der Waals surface area contributed by atoms with Gasteiger partial charge in [0, 0.05) is 19.3 Å². The molecule has 1 unspecified atom stereocenters. The van der Waals surface area contributed by atoms with Crippen molar-refractivity contribution in [3.8, 4) is 0 Å². The van der Waals surface area contributed by atoms with Gasteiger partial charge < -0.3 is 14.2 Å². The van der Waals surface area contributed by atoms with Gasteiger partial charge in [-0.25, -0.2) is 0 Å². The fraction of sp³-hybridized carbons (Fsp3) is 0.750. The maximum Gasteiger partial charge on any atom is 0.306 e. The van der Waals surface area contributed by atoms with Crippen LogP contribution in [0.3, 0.4) is 0 Å². The monoisotopic (exact) mass is 1140 g/mol. The molecule has 0 aromatic heterocycles. The Labute approximate surface area is 508 Å². The van der Waals surface area contributed by atoms with Crippen molar-refractivity contribution in [3.05, 3.63) is 97.2 Å². The zero-order valence-corrected chi connectivity index (χ0v) is 54.2. The molecule has 0 saturated carbocycles. The van der Waals surface area contributed by atoms with Crippen LogP contribution in [0.25, 0.3) is 0 Å². The van der Waals surface area contributed by atoms with Gasteiger partial charge in [0.25, 0.3) is 0 Å². The first-order valence-corrected chi connectivity index (χ1v) is 35.2. The van der Waals surface area contributed by atoms with Gasteiger partial charge in [0.2, 0.25) is 0 Å². The summed E-state index contributed by atoms with van der Waals surface area (Å²) in [7, 11) is 0. The Balaban J connectivity index is 4.01. The van der Waals surface area contributed by atoms with Gasteiger partial charge in [0.1, 0.15) is 13.2 Å². The highest BCUT2D eigenvalue weighted by Gasteiger charge is 2.19. The van der Waals surface area contributed by atoms with Crippen molar-refractivity contribution in [2.45, 2.75) is 354 Å². The lowest BCUT2D eigenvalue weighted by atomic mass is 10.0. The van der Waals surface area contributed by atoms with Crippen molar-refractivity contribution in [1.29, 1.82) is 0 Å². The molecule has 0 N–H and O–H groups in total. The highest BCUT2D eigenvalue weighted by Crippen LogP contribution is 2.17. The van der Waals surface area contributed by atoms with Crippen LogP contribution in [-0.4, -0.2) is 37.2 Å². The summed E-state index contributed by atoms with van der Waals surface area (Å²) in [5, 5.41) is 0. The molecule has 0 saturated heterocycles. The molecular weight excluding hydrogens is 1010 g/mol. The summed E-state index contributed by atoms with van der Waals surface area (Å²) >= 11 is 0. The van der Waals surface area contributed by atoms with Gasteiger partial charge in [-0.2, -0.15) is 0 Å². The molecule has 0 aliphatic rings. The Morgan fingerprint density at radius 2 is 0.476 bits per heavy atom. The molecule has 0 heterocycles. The first-order valence-electron chi connectivity index (χ1n) is 35.2. The zero-order chi connectivity index (χ0) is 59.2. The molecule has 0 fully saturated rings. The van der Waals surface area contributed by atoms with Crippen molar-refractivity contribution in [2.24, 2.45) is 0 Å². The maximum atomic E-state index is 12.9. The van der Waals surface area contributed by atoms with Gasteiger partial charge in [-0.3, -0.25) is 14.4 Å². The molecule has 0 radical (unpaired) electrons. The highest BCUT2D eigenvalue weighted by molar-refractivity contribution is 5.71. The largest absolute Gasteiger partial charge is 0.462 e. The normalized spacial score (nSPS) is 12.7. The average molecular weight is 1140 g/mol. The van der Waals surface area contributed by atoms with Gasteiger partial charge in [-0.05, 0) is 103 Å². The van der Waals surface area contributed by atoms with Crippen LogP contribution < -0.4 is 0 Å². The van der Waals surface area contributed by atoms with Crippen molar-refractivity contribution in [2.75, 3.05) is 13.2 Å². The number of esters is 3. The number of carbonyl (C=O) groups is 3. The molecule has 0 rings (SSSR count). The number of unbranched alkanes of at least 4 members (excludes halogenated alkanes) is 37. The first kappa shape index (κ1) is 78.3. The van der Waals surface area contributed by atoms with E-state index in [2.05, 4.69) is 118 Å². The Morgan fingerprint density at radius 3 is 0.744 bits per heavy atom. The lowest BCUT2D eigenvalue weighted by molar-refractivity contribution is -0.167. The van der Waals surface area contributed by atoms with Gasteiger partial charge in [-0.15, -0.1) is 0 Å². The third kappa shape index (κ3) is 67.1. The second-order valence-corrected chi connectivity index (χ2v) is 23.4. The lowest BCUT2D eigenvalue weighted by Gasteiger charge is -2.18. The van der Waals surface area contributed by atoms with E-state index < -0.39 is 6.10 Å². The van der Waals surface area contributed by atoms with Crippen molar-refractivity contribution in [1.82, 2.24) is 0 Å². The average Bonchev–Trinajstić information content (AvgIpc) is 3.47. The zero-order valence-electron chi connectivity index (χ0n) is 54.2. The fourth-order valence-corrected chi connectivity index (χ4v) is 10.1. The molecule has 0 bridgehead atoms. The summed E-state index contributed by atoms with van der Waals surface area (Å²) in [5.41, 5.74) is 0. The molecule has 0 aromatic carbocycles. The minimum Gasteiger partial charge on any atom is -0.462 e. The first-order chi connectivity index (χ1) is 40.5. The van der Waals surface area contributed by atoms with E-state index in [1.807, 2.05) is 0 Å². The molecule has 1 atom stereocenters. The van der Waals surface area contributed by atoms with E-state index in [0.717, 1.165) is 103 Å². The van der Waals surface area contributed by atoms with Crippen molar-refractivity contribution in [3.63, 3.8) is 0 Å². The smallest absolute Gasteiger partial charge is 0.306 e. The topological polar surface area (TPSA) is 78.9 Å². The fourth-order valence-electron chi connectivity index (χ4n) is 10.1. The minimum atomic E-state index is -0.776. The Kier molecular flexibility index (Phi) is 66.7. The van der Waals surface area contributed by atoms with E-state index in [-0.39, 0.29) is 31.1 Å². The molecule has 0 aliphatic heterocycles. The molecule has 472 valence electrons. The highest BCUT2D eigenvalue weighted by atomic mass is 16.6. The molecule has 6 nitrogen and oxygen atoms in total. The van der Waals surface area contributed by atoms with Gasteiger partial charge in [0.05, 0.1) is 0 Å². The van der Waals surface area contributed by atoms with Crippen molar-refractivity contribution < 1.29 is 28.6 Å². The summed E-state index contributed by atoms with van der Waals surface area (Å²) in [6.07, 6.45) is 94.8. The molecule has 0 aliphatic carbocycles. The number of hydrogen-bond acceptors (Lipinski definition) is 6. The third-order valence-corrected chi connectivity index (χ3v) is 15.3. The quantitative estimate of drug-likeness (QED) is 0.0261. The van der Waals surface area contributed by atoms with Crippen LogP contribution in [0.15, 0.2) is 97.2 Å². The Bertz CT molecular complexity index is 1590. The molecule has 6 heteroatoms. The minimum absolute atomic E-state index is 0.0751. The third-order valence-electron chi connectivity index (χ3n) is 15.3. The summed E-state index contributed by atoms with van der Waals surface area (Å²) in [6.45, 7) is 6.49.